The molecule has 3 heteroatoms. The molecule has 0 atom stereocenters. The molecule has 0 aliphatic carbocycles. The molecule has 0 N–H and O–H groups in total. The van der Waals surface area contributed by atoms with Crippen molar-refractivity contribution in [1.29, 1.82) is 0 Å². The molecular weight excluding hydrogens is 1050 g/mol. The lowest BCUT2D eigenvalue weighted by Gasteiger charge is -2.28. The number of benzene rings is 14. The van der Waals surface area contributed by atoms with Crippen LogP contribution in [0.1, 0.15) is 26.3 Å². The summed E-state index contributed by atoms with van der Waals surface area (Å²) in [6, 6.07) is 117. The lowest BCUT2D eigenvalue weighted by atomic mass is 9.86. The van der Waals surface area contributed by atoms with Gasteiger partial charge in [0.1, 0.15) is 0 Å². The fourth-order valence-electron chi connectivity index (χ4n) is 13.4. The van der Waals surface area contributed by atoms with Crippen molar-refractivity contribution in [3.8, 4) is 55.6 Å². The zero-order valence-corrected chi connectivity index (χ0v) is 48.9. The predicted octanol–water partition coefficient (Wildman–Crippen LogP) is 23.7. The van der Waals surface area contributed by atoms with E-state index in [1.54, 1.807) is 0 Å². The third-order valence-corrected chi connectivity index (χ3v) is 17.8. The molecule has 0 aliphatic heterocycles. The van der Waals surface area contributed by atoms with Gasteiger partial charge in [0.05, 0.1) is 27.9 Å². The van der Waals surface area contributed by atoms with Crippen LogP contribution < -0.4 is 9.80 Å². The molecule has 0 saturated heterocycles. The number of aromatic nitrogens is 1. The van der Waals surface area contributed by atoms with Crippen molar-refractivity contribution in [2.24, 2.45) is 0 Å². The molecule has 2 aromatic heterocycles. The summed E-state index contributed by atoms with van der Waals surface area (Å²) in [5, 5.41) is 9.72. The van der Waals surface area contributed by atoms with E-state index in [-0.39, 0.29) is 5.41 Å². The largest absolute Gasteiger partial charge is 0.310 e. The van der Waals surface area contributed by atoms with Gasteiger partial charge >= 0.3 is 0 Å². The van der Waals surface area contributed by atoms with Crippen LogP contribution in [-0.2, 0) is 5.41 Å². The lowest BCUT2D eigenvalue weighted by Crippen LogP contribution is -2.11. The summed E-state index contributed by atoms with van der Waals surface area (Å²) < 4.78 is 2.57. The molecule has 0 amide bonds. The number of fused-ring (bicyclic) bond motifs is 8. The van der Waals surface area contributed by atoms with Crippen LogP contribution in [-0.4, -0.2) is 4.40 Å². The summed E-state index contributed by atoms with van der Waals surface area (Å²) in [4.78, 5) is 4.86. The molecule has 0 unspecified atom stereocenters. The van der Waals surface area contributed by atoms with Gasteiger partial charge in [-0.25, -0.2) is 0 Å². The maximum absolute atomic E-state index is 2.57. The molecule has 0 fully saturated rings. The van der Waals surface area contributed by atoms with E-state index >= 15 is 0 Å². The third kappa shape index (κ3) is 9.15. The molecule has 2 heterocycles. The second kappa shape index (κ2) is 21.0. The Labute approximate surface area is 507 Å². The van der Waals surface area contributed by atoms with Crippen molar-refractivity contribution >= 4 is 93.8 Å². The predicted molar refractivity (Wildman–Crippen MR) is 371 cm³/mol. The molecule has 0 spiro atoms. The first-order valence-corrected chi connectivity index (χ1v) is 30.2. The van der Waals surface area contributed by atoms with Gasteiger partial charge in [-0.05, 0) is 186 Å². The Morgan fingerprint density at radius 2 is 0.621 bits per heavy atom. The highest BCUT2D eigenvalue weighted by Gasteiger charge is 2.25. The average Bonchev–Trinajstić information content (AvgIpc) is 1.61. The van der Waals surface area contributed by atoms with Gasteiger partial charge in [0, 0.05) is 55.4 Å². The molecule has 0 bridgehead atoms. The summed E-state index contributed by atoms with van der Waals surface area (Å²) in [7, 11) is 0. The Morgan fingerprint density at radius 1 is 0.253 bits per heavy atom. The van der Waals surface area contributed by atoms with Crippen molar-refractivity contribution in [1.82, 2.24) is 4.40 Å². The first-order chi connectivity index (χ1) is 42.8. The van der Waals surface area contributed by atoms with Crippen LogP contribution in [0.15, 0.2) is 315 Å². The van der Waals surface area contributed by atoms with Crippen molar-refractivity contribution in [3.63, 3.8) is 0 Å². The molecule has 16 rings (SSSR count). The molecular formula is C84H61N3. The minimum Gasteiger partial charge on any atom is -0.310 e. The number of hydrogen-bond acceptors (Lipinski definition) is 2. The Kier molecular flexibility index (Phi) is 12.4. The van der Waals surface area contributed by atoms with Crippen molar-refractivity contribution in [2.75, 3.05) is 9.80 Å². The minimum absolute atomic E-state index is 0.0510. The highest BCUT2D eigenvalue weighted by Crippen LogP contribution is 2.49. The summed E-state index contributed by atoms with van der Waals surface area (Å²) in [5.74, 6) is 0. The Hall–Kier alpha value is -11.0. The van der Waals surface area contributed by atoms with Crippen LogP contribution >= 0.6 is 0 Å². The average molecular weight is 1110 g/mol. The molecule has 0 aliphatic rings. The van der Waals surface area contributed by atoms with Gasteiger partial charge in [-0.15, -0.1) is 0 Å². The molecule has 16 aromatic rings. The molecule has 412 valence electrons. The van der Waals surface area contributed by atoms with Crippen LogP contribution in [0, 0.1) is 0 Å². The van der Waals surface area contributed by atoms with E-state index in [2.05, 4.69) is 350 Å². The Morgan fingerprint density at radius 3 is 1.02 bits per heavy atom. The van der Waals surface area contributed by atoms with E-state index in [4.69, 9.17) is 0 Å². The monoisotopic (exact) mass is 1110 g/mol. The first kappa shape index (κ1) is 51.6. The SMILES string of the molecule is CC(C)(C)c1ccc(-c2cc3c4cc5ccc(N(c6ccccc6)c6ccc(-c7ccccc7)cc6-c6ccccc6)cc5cc4n4c5cc6cc(N(c7ccccc7)c7ccc(-c8ccccc8)cc7-c7ccccc7)ccc6cc5c(c2)c34)cc1. The highest BCUT2D eigenvalue weighted by atomic mass is 15.2. The fourth-order valence-corrected chi connectivity index (χ4v) is 13.4. The summed E-state index contributed by atoms with van der Waals surface area (Å²) in [5.41, 5.74) is 23.4. The zero-order valence-electron chi connectivity index (χ0n) is 48.9. The van der Waals surface area contributed by atoms with E-state index in [9.17, 15) is 0 Å². The van der Waals surface area contributed by atoms with Gasteiger partial charge in [0.25, 0.3) is 0 Å². The Bertz CT molecular complexity index is 4910. The molecule has 87 heavy (non-hydrogen) atoms. The topological polar surface area (TPSA) is 10.9 Å². The summed E-state index contributed by atoms with van der Waals surface area (Å²) >= 11 is 0. The second-order valence-electron chi connectivity index (χ2n) is 24.2. The number of rotatable bonds is 11. The number of para-hydroxylation sites is 2. The normalized spacial score (nSPS) is 11.9. The van der Waals surface area contributed by atoms with E-state index in [0.29, 0.717) is 0 Å². The van der Waals surface area contributed by atoms with Gasteiger partial charge in [-0.2, -0.15) is 0 Å². The number of hydrogen-bond donors (Lipinski definition) is 0. The molecule has 14 aromatic carbocycles. The Balaban J connectivity index is 0.912. The number of anilines is 6. The van der Waals surface area contributed by atoms with Gasteiger partial charge < -0.3 is 14.2 Å². The fraction of sp³-hybridized carbons (Fsp3) is 0.0476. The van der Waals surface area contributed by atoms with Crippen LogP contribution in [0.4, 0.5) is 34.1 Å². The van der Waals surface area contributed by atoms with E-state index < -0.39 is 0 Å². The molecule has 0 radical (unpaired) electrons. The van der Waals surface area contributed by atoms with Gasteiger partial charge in [0.2, 0.25) is 0 Å². The lowest BCUT2D eigenvalue weighted by molar-refractivity contribution is 0.590. The standard InChI is InChI=1S/C84H61N3/c1-84(2,3)68-40-34-58(35-41-68)67-52-77-75-50-63-36-42-71(85(69-30-18-8-19-31-69)79-44-38-61(56-22-10-4-11-23-56)48-73(79)59-26-14-6-15-27-59)46-65(63)54-81(75)87-82-55-66-47-72(43-37-64(66)51-76(82)78(53-67)83(77)87)86(70-32-20-9-21-33-70)80-45-39-62(57-24-12-5-13-25-57)49-74(80)60-28-16-7-17-29-60/h4-55H,1-3H3. The maximum atomic E-state index is 2.57. The summed E-state index contributed by atoms with van der Waals surface area (Å²) in [6.07, 6.45) is 0. The van der Waals surface area contributed by atoms with Gasteiger partial charge in [-0.3, -0.25) is 0 Å². The van der Waals surface area contributed by atoms with E-state index in [0.717, 1.165) is 56.4 Å². The van der Waals surface area contributed by atoms with Crippen LogP contribution in [0.5, 0.6) is 0 Å². The van der Waals surface area contributed by atoms with E-state index in [1.807, 2.05) is 0 Å². The minimum atomic E-state index is 0.0510. The molecule has 0 saturated carbocycles. The van der Waals surface area contributed by atoms with Crippen molar-refractivity contribution in [3.05, 3.63) is 321 Å². The van der Waals surface area contributed by atoms with Crippen molar-refractivity contribution < 1.29 is 0 Å². The van der Waals surface area contributed by atoms with E-state index in [1.165, 1.54) is 98.6 Å². The van der Waals surface area contributed by atoms with Crippen LogP contribution in [0.25, 0.3) is 115 Å². The van der Waals surface area contributed by atoms with Gasteiger partial charge in [0.15, 0.2) is 0 Å². The van der Waals surface area contributed by atoms with Gasteiger partial charge in [-0.1, -0.05) is 227 Å². The second-order valence-corrected chi connectivity index (χ2v) is 24.2. The third-order valence-electron chi connectivity index (χ3n) is 17.8. The summed E-state index contributed by atoms with van der Waals surface area (Å²) in [6.45, 7) is 6.86. The molecule has 3 nitrogen and oxygen atoms in total. The highest BCUT2D eigenvalue weighted by molar-refractivity contribution is 6.27. The quantitative estimate of drug-likeness (QED) is 0.128. The first-order valence-electron chi connectivity index (χ1n) is 30.2. The zero-order chi connectivity index (χ0) is 58.2. The maximum Gasteiger partial charge on any atom is 0.0620 e. The van der Waals surface area contributed by atoms with Crippen LogP contribution in [0.3, 0.4) is 0 Å². The van der Waals surface area contributed by atoms with Crippen molar-refractivity contribution in [2.45, 2.75) is 26.2 Å². The smallest absolute Gasteiger partial charge is 0.0620 e. The number of nitrogens with zero attached hydrogens (tertiary/aromatic N) is 3. The van der Waals surface area contributed by atoms with Crippen LogP contribution in [0.2, 0.25) is 0 Å².